The minimum atomic E-state index is -0.331. The minimum Gasteiger partial charge on any atom is -0.309 e. The maximum atomic E-state index is 2.47. The first kappa shape index (κ1) is 24.7. The molecule has 0 bridgehead atoms. The molecule has 0 atom stereocenters. The molecule has 0 aliphatic heterocycles. The molecule has 7 aromatic carbocycles. The van der Waals surface area contributed by atoms with Gasteiger partial charge >= 0.3 is 0 Å². The molecule has 45 heavy (non-hydrogen) atoms. The molecule has 0 unspecified atom stereocenters. The van der Waals surface area contributed by atoms with E-state index in [1.807, 2.05) is 0 Å². The Morgan fingerprint density at radius 3 is 1.53 bits per heavy atom. The van der Waals surface area contributed by atoms with Crippen molar-refractivity contribution in [2.24, 2.45) is 0 Å². The smallest absolute Gasteiger partial charge is 0.0725 e. The molecule has 2 aliphatic carbocycles. The predicted molar refractivity (Wildman–Crippen MR) is 187 cm³/mol. The van der Waals surface area contributed by atoms with Crippen molar-refractivity contribution in [2.75, 3.05) is 0 Å². The first-order valence-electron chi connectivity index (χ1n) is 15.8. The van der Waals surface area contributed by atoms with Gasteiger partial charge in [0.2, 0.25) is 0 Å². The highest BCUT2D eigenvalue weighted by Gasteiger charge is 2.51. The molecule has 0 saturated heterocycles. The number of aromatic nitrogens is 1. The fourth-order valence-electron chi connectivity index (χ4n) is 8.44. The second-order valence-corrected chi connectivity index (χ2v) is 12.6. The lowest BCUT2D eigenvalue weighted by atomic mass is 9.70. The van der Waals surface area contributed by atoms with Crippen LogP contribution in [0.15, 0.2) is 158 Å². The van der Waals surface area contributed by atoms with Gasteiger partial charge in [-0.2, -0.15) is 0 Å². The molecule has 1 heterocycles. The summed E-state index contributed by atoms with van der Waals surface area (Å²) in [5.74, 6) is 0. The Hall–Kier alpha value is -5.66. The van der Waals surface area contributed by atoms with E-state index in [2.05, 4.69) is 169 Å². The van der Waals surface area contributed by atoms with Gasteiger partial charge in [0, 0.05) is 16.5 Å². The Kier molecular flexibility index (Phi) is 4.91. The van der Waals surface area contributed by atoms with Crippen LogP contribution in [0.5, 0.6) is 0 Å². The molecule has 210 valence electrons. The van der Waals surface area contributed by atoms with Crippen molar-refractivity contribution in [3.63, 3.8) is 0 Å². The van der Waals surface area contributed by atoms with Crippen LogP contribution in [-0.4, -0.2) is 4.57 Å². The molecule has 0 N–H and O–H groups in total. The molecule has 0 fully saturated rings. The predicted octanol–water partition coefficient (Wildman–Crippen LogP) is 11.1. The molecule has 0 saturated carbocycles. The number of benzene rings is 7. The van der Waals surface area contributed by atoms with Gasteiger partial charge in [0.05, 0.1) is 16.4 Å². The van der Waals surface area contributed by atoms with Crippen LogP contribution in [0.25, 0.3) is 60.9 Å². The van der Waals surface area contributed by atoms with E-state index in [9.17, 15) is 0 Å². The van der Waals surface area contributed by atoms with E-state index in [0.29, 0.717) is 0 Å². The molecule has 1 nitrogen and oxygen atoms in total. The van der Waals surface area contributed by atoms with Crippen LogP contribution in [0.1, 0.15) is 27.8 Å². The van der Waals surface area contributed by atoms with Crippen molar-refractivity contribution < 1.29 is 0 Å². The van der Waals surface area contributed by atoms with Crippen molar-refractivity contribution in [3.05, 3.63) is 186 Å². The summed E-state index contributed by atoms with van der Waals surface area (Å²) in [6.07, 6.45) is 0. The summed E-state index contributed by atoms with van der Waals surface area (Å²) in [6, 6.07) is 58.8. The van der Waals surface area contributed by atoms with Crippen LogP contribution in [0.4, 0.5) is 0 Å². The number of aryl methyl sites for hydroxylation is 1. The van der Waals surface area contributed by atoms with Crippen LogP contribution in [0.2, 0.25) is 0 Å². The fourth-order valence-corrected chi connectivity index (χ4v) is 8.44. The number of fused-ring (bicyclic) bond motifs is 13. The Balaban J connectivity index is 1.18. The Labute approximate surface area is 262 Å². The zero-order valence-electron chi connectivity index (χ0n) is 25.0. The summed E-state index contributed by atoms with van der Waals surface area (Å²) in [6.45, 7) is 2.22. The zero-order chi connectivity index (χ0) is 29.7. The number of nitrogens with zero attached hydrogens (tertiary/aromatic N) is 1. The van der Waals surface area contributed by atoms with E-state index < -0.39 is 0 Å². The van der Waals surface area contributed by atoms with Gasteiger partial charge in [-0.1, -0.05) is 133 Å². The number of hydrogen-bond donors (Lipinski definition) is 0. The van der Waals surface area contributed by atoms with Crippen molar-refractivity contribution in [1.29, 1.82) is 0 Å². The quantitative estimate of drug-likeness (QED) is 0.194. The number of rotatable bonds is 2. The van der Waals surface area contributed by atoms with Crippen LogP contribution >= 0.6 is 0 Å². The van der Waals surface area contributed by atoms with Crippen molar-refractivity contribution in [3.8, 4) is 39.1 Å². The average Bonchev–Trinajstić information content (AvgIpc) is 3.70. The third-order valence-electron chi connectivity index (χ3n) is 10.3. The third-order valence-corrected chi connectivity index (χ3v) is 10.3. The third kappa shape index (κ3) is 3.17. The van der Waals surface area contributed by atoms with E-state index in [4.69, 9.17) is 0 Å². The molecular formula is C44H29N. The number of para-hydroxylation sites is 2. The Morgan fingerprint density at radius 2 is 0.889 bits per heavy atom. The summed E-state index contributed by atoms with van der Waals surface area (Å²) in [5.41, 5.74) is 18.0. The van der Waals surface area contributed by atoms with E-state index in [0.717, 1.165) is 0 Å². The van der Waals surface area contributed by atoms with Gasteiger partial charge in [-0.15, -0.1) is 0 Å². The highest BCUT2D eigenvalue weighted by atomic mass is 15.0. The Bertz CT molecular complexity index is 2390. The average molecular weight is 572 g/mol. The first-order chi connectivity index (χ1) is 22.2. The molecule has 10 rings (SSSR count). The standard InChI is InChI=1S/C44H29N/c1-28-18-24-34-35-25-21-30(27-41(35)44(40(34)26-28)38-14-6-2-10-32(38)33-11-3-7-15-39(33)44)29-19-22-31(23-20-29)45-42-16-8-4-12-36(42)37-13-5-9-17-43(37)45/h2-27H,1H3. The normalized spacial score (nSPS) is 13.6. The molecule has 1 heteroatoms. The van der Waals surface area contributed by atoms with Crippen molar-refractivity contribution >= 4 is 21.8 Å². The molecule has 0 radical (unpaired) electrons. The van der Waals surface area contributed by atoms with Crippen LogP contribution < -0.4 is 0 Å². The number of hydrogen-bond acceptors (Lipinski definition) is 0. The highest BCUT2D eigenvalue weighted by Crippen LogP contribution is 2.63. The maximum Gasteiger partial charge on any atom is 0.0725 e. The molecule has 1 aromatic heterocycles. The molecular weight excluding hydrogens is 542 g/mol. The lowest BCUT2D eigenvalue weighted by molar-refractivity contribution is 0.793. The van der Waals surface area contributed by atoms with E-state index in [1.165, 1.54) is 88.7 Å². The lowest BCUT2D eigenvalue weighted by Crippen LogP contribution is -2.26. The summed E-state index contributed by atoms with van der Waals surface area (Å²) in [5, 5.41) is 2.57. The topological polar surface area (TPSA) is 4.93 Å². The van der Waals surface area contributed by atoms with Gasteiger partial charge in [-0.25, -0.2) is 0 Å². The zero-order valence-corrected chi connectivity index (χ0v) is 25.0. The van der Waals surface area contributed by atoms with Crippen molar-refractivity contribution in [2.45, 2.75) is 12.3 Å². The van der Waals surface area contributed by atoms with Crippen LogP contribution in [0.3, 0.4) is 0 Å². The second-order valence-electron chi connectivity index (χ2n) is 12.6. The van der Waals surface area contributed by atoms with Gasteiger partial charge in [0.1, 0.15) is 0 Å². The van der Waals surface area contributed by atoms with E-state index >= 15 is 0 Å². The van der Waals surface area contributed by atoms with E-state index in [1.54, 1.807) is 0 Å². The van der Waals surface area contributed by atoms with E-state index in [-0.39, 0.29) is 5.41 Å². The van der Waals surface area contributed by atoms with Gasteiger partial charge in [-0.3, -0.25) is 0 Å². The molecule has 8 aromatic rings. The van der Waals surface area contributed by atoms with Crippen LogP contribution in [0, 0.1) is 6.92 Å². The van der Waals surface area contributed by atoms with Gasteiger partial charge in [0.25, 0.3) is 0 Å². The first-order valence-corrected chi connectivity index (χ1v) is 15.8. The Morgan fingerprint density at radius 1 is 0.400 bits per heavy atom. The molecule has 1 spiro atoms. The molecule has 0 amide bonds. The second kappa shape index (κ2) is 8.94. The monoisotopic (exact) mass is 571 g/mol. The lowest BCUT2D eigenvalue weighted by Gasteiger charge is -2.31. The maximum absolute atomic E-state index is 2.47. The minimum absolute atomic E-state index is 0.331. The summed E-state index contributed by atoms with van der Waals surface area (Å²) < 4.78 is 2.39. The summed E-state index contributed by atoms with van der Waals surface area (Å²) in [4.78, 5) is 0. The summed E-state index contributed by atoms with van der Waals surface area (Å²) >= 11 is 0. The largest absolute Gasteiger partial charge is 0.309 e. The van der Waals surface area contributed by atoms with Crippen molar-refractivity contribution in [1.82, 2.24) is 4.57 Å². The fraction of sp³-hybridized carbons (Fsp3) is 0.0455. The van der Waals surface area contributed by atoms with Crippen LogP contribution in [-0.2, 0) is 5.41 Å². The molecule has 2 aliphatic rings. The van der Waals surface area contributed by atoms with Gasteiger partial charge in [0.15, 0.2) is 0 Å². The highest BCUT2D eigenvalue weighted by molar-refractivity contribution is 6.09. The SMILES string of the molecule is Cc1ccc2c(c1)C1(c3ccccc3-c3ccccc31)c1cc(-c3ccc(-n4c5ccccc5c5ccccc54)cc3)ccc1-2. The van der Waals surface area contributed by atoms with Gasteiger partial charge in [-0.05, 0) is 92.9 Å². The van der Waals surface area contributed by atoms with Gasteiger partial charge < -0.3 is 4.57 Å². The summed E-state index contributed by atoms with van der Waals surface area (Å²) in [7, 11) is 0.